The van der Waals surface area contributed by atoms with E-state index in [1.807, 2.05) is 50.2 Å². The number of nitrogens with one attached hydrogen (secondary N) is 2. The molecule has 8 heteroatoms. The van der Waals surface area contributed by atoms with E-state index in [-0.39, 0.29) is 0 Å². The summed E-state index contributed by atoms with van der Waals surface area (Å²) < 4.78 is 11.6. The zero-order valence-corrected chi connectivity index (χ0v) is 20.8. The number of carbonyl (C=O) groups excluding carboxylic acids is 2. The van der Waals surface area contributed by atoms with Crippen molar-refractivity contribution < 1.29 is 19.1 Å². The van der Waals surface area contributed by atoms with Crippen molar-refractivity contribution in [3.05, 3.63) is 80.8 Å². The van der Waals surface area contributed by atoms with E-state index in [0.717, 1.165) is 60.3 Å². The molecule has 2 aromatic rings. The molecule has 2 heterocycles. The maximum absolute atomic E-state index is 12.7. The van der Waals surface area contributed by atoms with E-state index < -0.39 is 23.1 Å². The molecule has 2 N–H and O–H groups in total. The van der Waals surface area contributed by atoms with Crippen LogP contribution in [0.15, 0.2) is 48.6 Å². The van der Waals surface area contributed by atoms with E-state index >= 15 is 0 Å². The van der Waals surface area contributed by atoms with Crippen LogP contribution >= 0.6 is 23.2 Å². The van der Waals surface area contributed by atoms with E-state index in [4.69, 9.17) is 32.7 Å². The second kappa shape index (κ2) is 10.1. The summed E-state index contributed by atoms with van der Waals surface area (Å²) in [5, 5.41) is 7.75. The fourth-order valence-corrected chi connectivity index (χ4v) is 4.98. The number of hydrogen-bond acceptors (Lipinski definition) is 6. The van der Waals surface area contributed by atoms with E-state index in [0.29, 0.717) is 23.1 Å². The summed E-state index contributed by atoms with van der Waals surface area (Å²) in [7, 11) is 0. The van der Waals surface area contributed by atoms with Crippen molar-refractivity contribution in [3.8, 4) is 0 Å². The Morgan fingerprint density at radius 3 is 1.62 bits per heavy atom. The smallest absolute Gasteiger partial charge is 0.331 e. The molecule has 0 bridgehead atoms. The molecule has 0 fully saturated rings. The van der Waals surface area contributed by atoms with Gasteiger partial charge >= 0.3 is 11.9 Å². The molecule has 0 aliphatic carbocycles. The third-order valence-electron chi connectivity index (χ3n) is 6.36. The number of halogens is 2. The van der Waals surface area contributed by atoms with E-state index in [2.05, 4.69) is 10.6 Å². The third-order valence-corrected chi connectivity index (χ3v) is 6.83. The van der Waals surface area contributed by atoms with Gasteiger partial charge in [0.25, 0.3) is 0 Å². The molecule has 0 amide bonds. The summed E-state index contributed by atoms with van der Waals surface area (Å²) in [6.45, 7) is 6.08. The van der Waals surface area contributed by atoms with Crippen molar-refractivity contribution in [1.29, 1.82) is 0 Å². The lowest BCUT2D eigenvalue weighted by Crippen LogP contribution is -2.39. The quantitative estimate of drug-likeness (QED) is 0.484. The fraction of sp³-hybridized carbons (Fsp3) is 0.385. The van der Waals surface area contributed by atoms with Gasteiger partial charge in [-0.25, -0.2) is 9.59 Å². The first kappa shape index (κ1) is 24.7. The van der Waals surface area contributed by atoms with E-state index in [9.17, 15) is 9.59 Å². The Labute approximate surface area is 209 Å². The van der Waals surface area contributed by atoms with Crippen molar-refractivity contribution in [2.24, 2.45) is 0 Å². The number of hydrogen-bond donors (Lipinski definition) is 2. The number of esters is 2. The molecule has 2 aromatic carbocycles. The SMILES string of the molecule is C[C@]1(OC(=O)/C=C\C(=O)O[C@@]2(C)CNCCc3ccc(Cl)cc32)CNCCc2ccc(Cl)cc21. The highest BCUT2D eigenvalue weighted by molar-refractivity contribution is 6.31. The minimum absolute atomic E-state index is 0.436. The minimum Gasteiger partial charge on any atom is -0.450 e. The number of fused-ring (bicyclic) bond motifs is 2. The summed E-state index contributed by atoms with van der Waals surface area (Å²) in [6, 6.07) is 11.2. The summed E-state index contributed by atoms with van der Waals surface area (Å²) in [6.07, 6.45) is 3.82. The number of rotatable bonds is 4. The highest BCUT2D eigenvalue weighted by Crippen LogP contribution is 2.34. The summed E-state index contributed by atoms with van der Waals surface area (Å²) in [4.78, 5) is 25.4. The molecule has 180 valence electrons. The van der Waals surface area contributed by atoms with Crippen LogP contribution in [0.1, 0.15) is 36.1 Å². The molecule has 34 heavy (non-hydrogen) atoms. The molecule has 0 aromatic heterocycles. The fourth-order valence-electron chi connectivity index (χ4n) is 4.64. The maximum atomic E-state index is 12.7. The van der Waals surface area contributed by atoms with Gasteiger partial charge in [-0.2, -0.15) is 0 Å². The van der Waals surface area contributed by atoms with Gasteiger partial charge < -0.3 is 20.1 Å². The Balaban J connectivity index is 1.48. The monoisotopic (exact) mass is 502 g/mol. The molecular weight excluding hydrogens is 475 g/mol. The largest absolute Gasteiger partial charge is 0.450 e. The number of ether oxygens (including phenoxy) is 2. The van der Waals surface area contributed by atoms with Crippen LogP contribution in [0.4, 0.5) is 0 Å². The van der Waals surface area contributed by atoms with Crippen LogP contribution in [-0.2, 0) is 43.1 Å². The lowest BCUT2D eigenvalue weighted by molar-refractivity contribution is -0.155. The second-order valence-electron chi connectivity index (χ2n) is 9.09. The van der Waals surface area contributed by atoms with E-state index in [1.54, 1.807) is 0 Å². The first-order valence-corrected chi connectivity index (χ1v) is 12.1. The molecule has 2 atom stereocenters. The van der Waals surface area contributed by atoms with Gasteiger partial charge in [-0.1, -0.05) is 35.3 Å². The van der Waals surface area contributed by atoms with Crippen LogP contribution in [-0.4, -0.2) is 38.1 Å². The highest BCUT2D eigenvalue weighted by atomic mass is 35.5. The van der Waals surface area contributed by atoms with Crippen LogP contribution in [0.25, 0.3) is 0 Å². The Morgan fingerprint density at radius 1 is 0.794 bits per heavy atom. The Morgan fingerprint density at radius 2 is 1.21 bits per heavy atom. The molecule has 4 rings (SSSR count). The molecule has 0 saturated heterocycles. The van der Waals surface area contributed by atoms with Gasteiger partial charge in [0.15, 0.2) is 0 Å². The summed E-state index contributed by atoms with van der Waals surface area (Å²) in [5.41, 5.74) is 2.02. The molecule has 6 nitrogen and oxygen atoms in total. The van der Waals surface area contributed by atoms with Gasteiger partial charge in [0.1, 0.15) is 11.2 Å². The molecule has 2 aliphatic heterocycles. The van der Waals surface area contributed by atoms with Crippen LogP contribution < -0.4 is 10.6 Å². The van der Waals surface area contributed by atoms with Gasteiger partial charge in [-0.15, -0.1) is 0 Å². The molecule has 0 unspecified atom stereocenters. The topological polar surface area (TPSA) is 76.7 Å². The predicted octanol–water partition coefficient (Wildman–Crippen LogP) is 4.06. The number of carbonyl (C=O) groups is 2. The van der Waals surface area contributed by atoms with Gasteiger partial charge in [-0.05, 0) is 75.2 Å². The van der Waals surface area contributed by atoms with Gasteiger partial charge in [-0.3, -0.25) is 0 Å². The van der Waals surface area contributed by atoms with Crippen molar-refractivity contribution >= 4 is 35.1 Å². The Kier molecular flexibility index (Phi) is 7.33. The lowest BCUT2D eigenvalue weighted by Gasteiger charge is -2.30. The third kappa shape index (κ3) is 5.47. The highest BCUT2D eigenvalue weighted by Gasteiger charge is 2.36. The maximum Gasteiger partial charge on any atom is 0.331 e. The van der Waals surface area contributed by atoms with Crippen LogP contribution in [0.3, 0.4) is 0 Å². The minimum atomic E-state index is -0.922. The van der Waals surface area contributed by atoms with Gasteiger partial charge in [0.05, 0.1) is 0 Å². The lowest BCUT2D eigenvalue weighted by atomic mass is 9.91. The van der Waals surface area contributed by atoms with Crippen LogP contribution in [0, 0.1) is 0 Å². The second-order valence-corrected chi connectivity index (χ2v) is 9.97. The van der Waals surface area contributed by atoms with Gasteiger partial charge in [0.2, 0.25) is 0 Å². The van der Waals surface area contributed by atoms with Crippen molar-refractivity contribution in [2.75, 3.05) is 26.2 Å². The zero-order chi connectivity index (χ0) is 24.3. The summed E-state index contributed by atoms with van der Waals surface area (Å²) in [5.74, 6) is -1.27. The normalized spacial score (nSPS) is 24.5. The molecule has 0 spiro atoms. The van der Waals surface area contributed by atoms with E-state index in [1.165, 1.54) is 0 Å². The van der Waals surface area contributed by atoms with Crippen LogP contribution in [0.2, 0.25) is 10.0 Å². The molecular formula is C26H28Cl2N2O4. The molecule has 0 saturated carbocycles. The molecule has 0 radical (unpaired) electrons. The Bertz CT molecular complexity index is 1050. The zero-order valence-electron chi connectivity index (χ0n) is 19.3. The van der Waals surface area contributed by atoms with Gasteiger partial charge in [0, 0.05) is 46.4 Å². The predicted molar refractivity (Wildman–Crippen MR) is 132 cm³/mol. The van der Waals surface area contributed by atoms with Crippen molar-refractivity contribution in [3.63, 3.8) is 0 Å². The number of benzene rings is 2. The average Bonchev–Trinajstić information content (AvgIpc) is 3.04. The average molecular weight is 503 g/mol. The first-order valence-electron chi connectivity index (χ1n) is 11.3. The standard InChI is InChI=1S/C26H28Cl2N2O4/c1-25(15-29-11-9-17-3-5-19(27)13-21(17)25)33-23(31)7-8-24(32)34-26(2)16-30-12-10-18-4-6-20(28)14-22(18)26/h3-8,13-14,29-30H,9-12,15-16H2,1-2H3/b8-7-/t25-,26-/m0/s1. The summed E-state index contributed by atoms with van der Waals surface area (Å²) >= 11 is 12.4. The Hall–Kier alpha value is -2.38. The van der Waals surface area contributed by atoms with Crippen molar-refractivity contribution in [1.82, 2.24) is 10.6 Å². The molecule has 2 aliphatic rings. The first-order chi connectivity index (χ1) is 16.2. The van der Waals surface area contributed by atoms with Crippen molar-refractivity contribution in [2.45, 2.75) is 37.9 Å². The van der Waals surface area contributed by atoms with Crippen LogP contribution in [0.5, 0.6) is 0 Å².